The van der Waals surface area contributed by atoms with E-state index in [0.29, 0.717) is 41.4 Å². The number of benzene rings is 2. The largest absolute Gasteiger partial charge is 0.435 e. The van der Waals surface area contributed by atoms with Crippen molar-refractivity contribution >= 4 is 11.7 Å². The van der Waals surface area contributed by atoms with Gasteiger partial charge in [-0.2, -0.15) is 18.3 Å². The van der Waals surface area contributed by atoms with Crippen LogP contribution in [0.1, 0.15) is 76.9 Å². The molecule has 2 aromatic carbocycles. The van der Waals surface area contributed by atoms with Crippen LogP contribution in [0.3, 0.4) is 0 Å². The van der Waals surface area contributed by atoms with E-state index >= 15 is 0 Å². The molecule has 0 bridgehead atoms. The highest BCUT2D eigenvalue weighted by Crippen LogP contribution is 2.38. The average molecular weight is 615 g/mol. The first kappa shape index (κ1) is 31.0. The van der Waals surface area contributed by atoms with Crippen molar-refractivity contribution < 1.29 is 35.9 Å². The predicted molar refractivity (Wildman–Crippen MR) is 149 cm³/mol. The number of ketones is 1. The van der Waals surface area contributed by atoms with Crippen LogP contribution in [-0.4, -0.2) is 26.5 Å². The summed E-state index contributed by atoms with van der Waals surface area (Å²) in [5, 5.41) is 3.73. The maximum Gasteiger partial charge on any atom is 0.435 e. The van der Waals surface area contributed by atoms with Gasteiger partial charge in [0.05, 0.1) is 17.8 Å². The number of carbonyl (C=O) groups is 2. The predicted octanol–water partition coefficient (Wildman–Crippen LogP) is 7.12. The molecule has 1 amide bonds. The molecule has 1 fully saturated rings. The van der Waals surface area contributed by atoms with Crippen molar-refractivity contribution in [2.24, 2.45) is 5.73 Å². The van der Waals surface area contributed by atoms with Crippen LogP contribution in [0.15, 0.2) is 60.8 Å². The number of amides is 1. The zero-order valence-corrected chi connectivity index (χ0v) is 23.4. The molecule has 5 rings (SSSR count). The number of carbonyl (C=O) groups excluding carboxylic acids is 2. The Morgan fingerprint density at radius 1 is 0.977 bits per heavy atom. The number of pyridine rings is 1. The summed E-state index contributed by atoms with van der Waals surface area (Å²) in [6.07, 6.45) is -0.467. The van der Waals surface area contributed by atoms with E-state index in [9.17, 15) is 35.9 Å². The molecule has 0 radical (unpaired) electrons. The Hall–Kier alpha value is -4.48. The molecule has 6 nitrogen and oxygen atoms in total. The second-order valence-corrected chi connectivity index (χ2v) is 11.0. The lowest BCUT2D eigenvalue weighted by molar-refractivity contribution is -0.141. The quantitative estimate of drug-likeness (QED) is 0.193. The van der Waals surface area contributed by atoms with Crippen molar-refractivity contribution in [3.8, 4) is 11.1 Å². The second-order valence-electron chi connectivity index (χ2n) is 11.0. The minimum Gasteiger partial charge on any atom is -0.366 e. The first-order valence-corrected chi connectivity index (χ1v) is 14.0. The Balaban J connectivity index is 1.52. The van der Waals surface area contributed by atoms with Gasteiger partial charge >= 0.3 is 6.18 Å². The summed E-state index contributed by atoms with van der Waals surface area (Å²) in [7, 11) is 0. The van der Waals surface area contributed by atoms with E-state index in [1.807, 2.05) is 0 Å². The van der Waals surface area contributed by atoms with Gasteiger partial charge in [-0.3, -0.25) is 19.3 Å². The van der Waals surface area contributed by atoms with Crippen LogP contribution in [0.25, 0.3) is 11.1 Å². The Morgan fingerprint density at radius 3 is 2.34 bits per heavy atom. The third-order valence-corrected chi connectivity index (χ3v) is 7.85. The SMILES string of the molecule is NC(=O)c1cc(-c2cccnc2[C@@H](CC(=O)Cn2nc(C(F)(F)F)cc2C2CCCC2)Cc2cc(F)cc(F)c2)ccc1F. The van der Waals surface area contributed by atoms with E-state index in [-0.39, 0.29) is 29.9 Å². The summed E-state index contributed by atoms with van der Waals surface area (Å²) in [5.41, 5.74) is 5.52. The first-order valence-electron chi connectivity index (χ1n) is 14.0. The van der Waals surface area contributed by atoms with E-state index in [1.54, 1.807) is 12.1 Å². The summed E-state index contributed by atoms with van der Waals surface area (Å²) in [6, 6.07) is 10.9. The maximum atomic E-state index is 14.2. The highest BCUT2D eigenvalue weighted by atomic mass is 19.4. The zero-order valence-electron chi connectivity index (χ0n) is 23.4. The molecule has 1 aliphatic rings. The van der Waals surface area contributed by atoms with Gasteiger partial charge < -0.3 is 5.73 Å². The molecule has 2 N–H and O–H groups in total. The normalized spacial score (nSPS) is 14.6. The molecule has 230 valence electrons. The second kappa shape index (κ2) is 12.6. The number of hydrogen-bond acceptors (Lipinski definition) is 4. The molecule has 1 atom stereocenters. The van der Waals surface area contributed by atoms with Crippen LogP contribution < -0.4 is 5.73 Å². The number of alkyl halides is 3. The minimum atomic E-state index is -4.69. The van der Waals surface area contributed by atoms with Crippen LogP contribution >= 0.6 is 0 Å². The van der Waals surface area contributed by atoms with E-state index < -0.39 is 53.5 Å². The van der Waals surface area contributed by atoms with Gasteiger partial charge in [-0.1, -0.05) is 25.0 Å². The van der Waals surface area contributed by atoms with Gasteiger partial charge in [-0.15, -0.1) is 0 Å². The molecule has 0 aliphatic heterocycles. The van der Waals surface area contributed by atoms with Gasteiger partial charge in [0.25, 0.3) is 5.91 Å². The van der Waals surface area contributed by atoms with Crippen LogP contribution in [-0.2, 0) is 23.9 Å². The van der Waals surface area contributed by atoms with Crippen LogP contribution in [0, 0.1) is 17.5 Å². The topological polar surface area (TPSA) is 90.9 Å². The molecule has 4 aromatic rings. The summed E-state index contributed by atoms with van der Waals surface area (Å²) in [4.78, 5) is 29.8. The van der Waals surface area contributed by atoms with E-state index in [2.05, 4.69) is 10.1 Å². The third kappa shape index (κ3) is 7.00. The molecule has 0 saturated heterocycles. The Morgan fingerprint density at radius 2 is 1.68 bits per heavy atom. The number of nitrogens with two attached hydrogens (primary N) is 1. The minimum absolute atomic E-state index is 0.0588. The van der Waals surface area contributed by atoms with Gasteiger partial charge in [0.15, 0.2) is 11.5 Å². The highest BCUT2D eigenvalue weighted by Gasteiger charge is 2.37. The van der Waals surface area contributed by atoms with Crippen LogP contribution in [0.2, 0.25) is 0 Å². The lowest BCUT2D eigenvalue weighted by Crippen LogP contribution is -2.20. The molecule has 0 unspecified atom stereocenters. The van der Waals surface area contributed by atoms with Crippen molar-refractivity contribution in [1.29, 1.82) is 0 Å². The van der Waals surface area contributed by atoms with Crippen LogP contribution in [0.4, 0.5) is 26.3 Å². The number of nitrogens with zero attached hydrogens (tertiary/aromatic N) is 3. The van der Waals surface area contributed by atoms with Gasteiger partial charge in [0, 0.05) is 41.8 Å². The lowest BCUT2D eigenvalue weighted by atomic mass is 9.86. The van der Waals surface area contributed by atoms with Gasteiger partial charge in [0.1, 0.15) is 17.5 Å². The molecular weight excluding hydrogens is 586 g/mol. The van der Waals surface area contributed by atoms with Crippen molar-refractivity contribution in [3.05, 3.63) is 106 Å². The Bertz CT molecular complexity index is 1670. The van der Waals surface area contributed by atoms with E-state index in [4.69, 9.17) is 5.73 Å². The number of aromatic nitrogens is 3. The van der Waals surface area contributed by atoms with Crippen molar-refractivity contribution in [1.82, 2.24) is 14.8 Å². The Labute approximate surface area is 248 Å². The number of primary amides is 1. The molecule has 12 heteroatoms. The van der Waals surface area contributed by atoms with Gasteiger partial charge in [-0.25, -0.2) is 13.2 Å². The smallest absolute Gasteiger partial charge is 0.366 e. The van der Waals surface area contributed by atoms with Crippen LogP contribution in [0.5, 0.6) is 0 Å². The third-order valence-electron chi connectivity index (χ3n) is 7.85. The summed E-state index contributed by atoms with van der Waals surface area (Å²) in [5.74, 6) is -4.91. The lowest BCUT2D eigenvalue weighted by Gasteiger charge is -2.20. The van der Waals surface area contributed by atoms with Gasteiger partial charge in [-0.05, 0) is 66.8 Å². The fourth-order valence-corrected chi connectivity index (χ4v) is 5.90. The fraction of sp³-hybridized carbons (Fsp3) is 0.312. The Kier molecular flexibility index (Phi) is 8.89. The number of hydrogen-bond donors (Lipinski definition) is 1. The average Bonchev–Trinajstić information content (AvgIpc) is 3.62. The van der Waals surface area contributed by atoms with E-state index in [1.165, 1.54) is 18.3 Å². The molecule has 1 aliphatic carbocycles. The van der Waals surface area contributed by atoms with Crippen molar-refractivity contribution in [2.45, 2.75) is 63.1 Å². The molecule has 44 heavy (non-hydrogen) atoms. The first-order chi connectivity index (χ1) is 20.9. The number of halogens is 6. The summed E-state index contributed by atoms with van der Waals surface area (Å²) < 4.78 is 84.3. The monoisotopic (exact) mass is 614 g/mol. The number of Topliss-reactive ketones (excluding diaryl/α,β-unsaturated/α-hetero) is 1. The molecular formula is C32H28F6N4O2. The standard InChI is InChI=1S/C32H28F6N4O2/c33-22-11-18(12-23(34)15-22)10-21(30-25(6-3-9-40-30)20-7-8-27(35)26(14-20)31(39)44)13-24(43)17-42-28(19-4-1-2-5-19)16-29(41-42)32(36,37)38/h3,6-9,11-12,14-16,19,21H,1-2,4-5,10,13,17H2,(H2,39,44)/t21-/m1/s1. The fourth-order valence-electron chi connectivity index (χ4n) is 5.90. The zero-order chi connectivity index (χ0) is 31.6. The molecule has 2 heterocycles. The highest BCUT2D eigenvalue weighted by molar-refractivity contribution is 5.94. The van der Waals surface area contributed by atoms with Crippen molar-refractivity contribution in [2.75, 3.05) is 0 Å². The molecule has 2 aromatic heterocycles. The van der Waals surface area contributed by atoms with Gasteiger partial charge in [0.2, 0.25) is 0 Å². The maximum absolute atomic E-state index is 14.2. The molecule has 1 saturated carbocycles. The molecule has 0 spiro atoms. The van der Waals surface area contributed by atoms with Crippen molar-refractivity contribution in [3.63, 3.8) is 0 Å². The van der Waals surface area contributed by atoms with E-state index in [0.717, 1.165) is 41.8 Å². The number of rotatable bonds is 10. The summed E-state index contributed by atoms with van der Waals surface area (Å²) in [6.45, 7) is -0.444. The summed E-state index contributed by atoms with van der Waals surface area (Å²) >= 11 is 0.